The SMILES string of the molecule is CC(=O)O[C@@H](C)C=CC(=O)N[C@@H]1C[C@H](C)[C@H](CC=C(C)C=C[C@H]2O[C@H](CC(=O)N3CCCCC3)C[C@@]3(CO3)[C@@H]2O)O[C@@H]1C. The third kappa shape index (κ3) is 9.48. The van der Waals surface area contributed by atoms with Crippen molar-refractivity contribution in [1.82, 2.24) is 10.2 Å². The number of carbonyl (C=O) groups excluding carboxylic acids is 3. The molecule has 2 N–H and O–H groups in total. The molecule has 0 saturated carbocycles. The Kier molecular flexibility index (Phi) is 11.6. The van der Waals surface area contributed by atoms with Crippen LogP contribution in [0.2, 0.25) is 0 Å². The number of amides is 2. The van der Waals surface area contributed by atoms with Crippen LogP contribution in [0.1, 0.15) is 79.6 Å². The Morgan fingerprint density at radius 2 is 1.84 bits per heavy atom. The van der Waals surface area contributed by atoms with E-state index in [2.05, 4.69) is 18.3 Å². The first-order valence-corrected chi connectivity index (χ1v) is 15.9. The highest BCUT2D eigenvalue weighted by molar-refractivity contribution is 5.87. The van der Waals surface area contributed by atoms with Crippen LogP contribution in [0.25, 0.3) is 0 Å². The Morgan fingerprint density at radius 3 is 2.51 bits per heavy atom. The van der Waals surface area contributed by atoms with E-state index in [4.69, 9.17) is 18.9 Å². The summed E-state index contributed by atoms with van der Waals surface area (Å²) in [4.78, 5) is 38.2. The lowest BCUT2D eigenvalue weighted by Crippen LogP contribution is -2.51. The van der Waals surface area contributed by atoms with E-state index in [9.17, 15) is 19.5 Å². The minimum Gasteiger partial charge on any atom is -0.459 e. The molecule has 10 nitrogen and oxygen atoms in total. The normalized spacial score (nSPS) is 35.7. The van der Waals surface area contributed by atoms with Crippen molar-refractivity contribution in [3.05, 3.63) is 36.0 Å². The van der Waals surface area contributed by atoms with Crippen molar-refractivity contribution in [2.45, 2.75) is 128 Å². The monoisotopic (exact) mass is 602 g/mol. The predicted molar refractivity (Wildman–Crippen MR) is 161 cm³/mol. The van der Waals surface area contributed by atoms with E-state index >= 15 is 0 Å². The minimum atomic E-state index is -0.771. The highest BCUT2D eigenvalue weighted by atomic mass is 16.6. The standard InChI is InChI=1S/C33H50N2O8/c1-21(9-12-28-22(2)17-27(24(4)42-28)34-30(37)14-11-23(3)41-25(5)36)10-13-29-32(39)33(20-40-33)19-26(43-29)18-31(38)35-15-7-6-8-16-35/h9-11,13-14,22-24,26-29,32,39H,6-8,12,15-20H2,1-5H3,(H,34,37)/t22-,23-,24+,26+,27+,28-,29+,32+,33+/m0/s1. The van der Waals surface area contributed by atoms with Crippen molar-refractivity contribution in [1.29, 1.82) is 0 Å². The summed E-state index contributed by atoms with van der Waals surface area (Å²) < 4.78 is 23.2. The number of likely N-dealkylation sites (tertiary alicyclic amines) is 1. The summed E-state index contributed by atoms with van der Waals surface area (Å²) in [6, 6.07) is -0.117. The van der Waals surface area contributed by atoms with E-state index in [1.54, 1.807) is 13.0 Å². The van der Waals surface area contributed by atoms with Gasteiger partial charge in [0.25, 0.3) is 0 Å². The Labute approximate surface area is 255 Å². The Morgan fingerprint density at radius 1 is 1.12 bits per heavy atom. The molecule has 0 aromatic carbocycles. The smallest absolute Gasteiger partial charge is 0.303 e. The lowest BCUT2D eigenvalue weighted by molar-refractivity contribution is -0.151. The van der Waals surface area contributed by atoms with E-state index in [0.717, 1.165) is 44.3 Å². The van der Waals surface area contributed by atoms with Crippen molar-refractivity contribution >= 4 is 17.8 Å². The first kappa shape index (κ1) is 33.4. The maximum Gasteiger partial charge on any atom is 0.303 e. The first-order chi connectivity index (χ1) is 20.5. The van der Waals surface area contributed by atoms with Crippen LogP contribution in [-0.4, -0.2) is 95.8 Å². The van der Waals surface area contributed by atoms with Crippen molar-refractivity contribution < 1.29 is 38.4 Å². The molecule has 4 rings (SSSR count). The molecule has 10 heteroatoms. The van der Waals surface area contributed by atoms with Gasteiger partial charge in [0.2, 0.25) is 11.8 Å². The van der Waals surface area contributed by atoms with Crippen molar-refractivity contribution in [2.24, 2.45) is 5.92 Å². The molecule has 2 amide bonds. The molecule has 0 bridgehead atoms. The quantitative estimate of drug-likeness (QED) is 0.169. The number of piperidine rings is 1. The molecule has 0 aromatic rings. The number of rotatable bonds is 10. The molecule has 240 valence electrons. The Hall–Kier alpha value is -2.53. The second-order valence-electron chi connectivity index (χ2n) is 12.8. The van der Waals surface area contributed by atoms with Gasteiger partial charge >= 0.3 is 5.97 Å². The minimum absolute atomic E-state index is 0.0101. The van der Waals surface area contributed by atoms with Crippen LogP contribution in [-0.2, 0) is 33.3 Å². The number of epoxide rings is 1. The van der Waals surface area contributed by atoms with Gasteiger partial charge in [-0.05, 0) is 64.9 Å². The van der Waals surface area contributed by atoms with Gasteiger partial charge in [-0.15, -0.1) is 0 Å². The maximum atomic E-state index is 12.9. The van der Waals surface area contributed by atoms with E-state index in [1.165, 1.54) is 19.4 Å². The van der Waals surface area contributed by atoms with Gasteiger partial charge in [0.15, 0.2) is 0 Å². The van der Waals surface area contributed by atoms with Gasteiger partial charge in [-0.3, -0.25) is 14.4 Å². The van der Waals surface area contributed by atoms with Crippen molar-refractivity contribution in [2.75, 3.05) is 19.7 Å². The maximum absolute atomic E-state index is 12.9. The van der Waals surface area contributed by atoms with Crippen LogP contribution in [0.5, 0.6) is 0 Å². The largest absolute Gasteiger partial charge is 0.459 e. The summed E-state index contributed by atoms with van der Waals surface area (Å²) >= 11 is 0. The summed E-state index contributed by atoms with van der Waals surface area (Å²) in [5, 5.41) is 14.0. The number of hydrogen-bond donors (Lipinski definition) is 2. The lowest BCUT2D eigenvalue weighted by Gasteiger charge is -2.39. The lowest BCUT2D eigenvalue weighted by atomic mass is 9.87. The zero-order valence-corrected chi connectivity index (χ0v) is 26.3. The summed E-state index contributed by atoms with van der Waals surface area (Å²) in [5.74, 6) is -0.280. The van der Waals surface area contributed by atoms with E-state index in [0.29, 0.717) is 19.4 Å². The number of aliphatic hydroxyl groups excluding tert-OH is 1. The summed E-state index contributed by atoms with van der Waals surface area (Å²) in [6.07, 6.45) is 12.4. The molecule has 0 aromatic heterocycles. The number of aliphatic hydroxyl groups is 1. The van der Waals surface area contributed by atoms with Crippen molar-refractivity contribution in [3.63, 3.8) is 0 Å². The van der Waals surface area contributed by atoms with Gasteiger partial charge in [-0.1, -0.05) is 30.7 Å². The van der Waals surface area contributed by atoms with Crippen LogP contribution >= 0.6 is 0 Å². The number of ether oxygens (including phenoxy) is 4. The fraction of sp³-hybridized carbons (Fsp3) is 0.727. The molecule has 1 spiro atoms. The molecule has 4 aliphatic rings. The summed E-state index contributed by atoms with van der Waals surface area (Å²) in [7, 11) is 0. The average molecular weight is 603 g/mol. The fourth-order valence-electron chi connectivity index (χ4n) is 6.35. The average Bonchev–Trinajstić information content (AvgIpc) is 3.74. The van der Waals surface area contributed by atoms with Gasteiger partial charge in [-0.25, -0.2) is 0 Å². The highest BCUT2D eigenvalue weighted by Crippen LogP contribution is 2.43. The third-order valence-electron chi connectivity index (χ3n) is 9.03. The number of carbonyl (C=O) groups is 3. The Bertz CT molecular complexity index is 1080. The van der Waals surface area contributed by atoms with Crippen LogP contribution in [0.3, 0.4) is 0 Å². The van der Waals surface area contributed by atoms with Gasteiger partial charge in [0, 0.05) is 32.5 Å². The molecule has 4 fully saturated rings. The third-order valence-corrected chi connectivity index (χ3v) is 9.03. The molecule has 4 saturated heterocycles. The molecule has 0 unspecified atom stereocenters. The molecule has 0 radical (unpaired) electrons. The van der Waals surface area contributed by atoms with Crippen LogP contribution in [0.4, 0.5) is 0 Å². The zero-order chi connectivity index (χ0) is 31.1. The zero-order valence-electron chi connectivity index (χ0n) is 26.3. The molecular formula is C33H50N2O8. The number of nitrogens with one attached hydrogen (secondary N) is 1. The first-order valence-electron chi connectivity index (χ1n) is 15.9. The summed E-state index contributed by atoms with van der Waals surface area (Å²) in [6.45, 7) is 11.3. The van der Waals surface area contributed by atoms with Crippen LogP contribution in [0.15, 0.2) is 36.0 Å². The number of hydrogen-bond acceptors (Lipinski definition) is 8. The highest BCUT2D eigenvalue weighted by Gasteiger charge is 2.58. The van der Waals surface area contributed by atoms with Gasteiger partial charge in [0.05, 0.1) is 37.4 Å². The van der Waals surface area contributed by atoms with E-state index in [1.807, 2.05) is 30.9 Å². The molecular weight excluding hydrogens is 552 g/mol. The van der Waals surface area contributed by atoms with Crippen molar-refractivity contribution in [3.8, 4) is 0 Å². The topological polar surface area (TPSA) is 127 Å². The van der Waals surface area contributed by atoms with Gasteiger partial charge in [0.1, 0.15) is 23.9 Å². The number of nitrogens with zero attached hydrogens (tertiary/aromatic N) is 1. The number of allylic oxidation sites excluding steroid dienone is 2. The second kappa shape index (κ2) is 15.0. The van der Waals surface area contributed by atoms with E-state index in [-0.39, 0.29) is 42.1 Å². The fourth-order valence-corrected chi connectivity index (χ4v) is 6.35. The molecule has 0 aliphatic carbocycles. The number of esters is 1. The predicted octanol–water partition coefficient (Wildman–Crippen LogP) is 3.38. The summed E-state index contributed by atoms with van der Waals surface area (Å²) in [5.41, 5.74) is 0.417. The Balaban J connectivity index is 1.26. The second-order valence-corrected chi connectivity index (χ2v) is 12.8. The van der Waals surface area contributed by atoms with Gasteiger partial charge in [-0.2, -0.15) is 0 Å². The molecule has 9 atom stereocenters. The van der Waals surface area contributed by atoms with Crippen LogP contribution in [0, 0.1) is 5.92 Å². The van der Waals surface area contributed by atoms with Gasteiger partial charge < -0.3 is 34.3 Å². The molecule has 43 heavy (non-hydrogen) atoms. The van der Waals surface area contributed by atoms with E-state index < -0.39 is 29.9 Å². The molecule has 4 heterocycles. The molecule has 4 aliphatic heterocycles. The van der Waals surface area contributed by atoms with Crippen LogP contribution < -0.4 is 5.32 Å².